The number of hydrogen-bond donors (Lipinski definition) is 2. The molecule has 0 unspecified atom stereocenters. The van der Waals surface area contributed by atoms with Crippen molar-refractivity contribution in [3.05, 3.63) is 24.3 Å². The van der Waals surface area contributed by atoms with Gasteiger partial charge in [-0.05, 0) is 37.6 Å². The van der Waals surface area contributed by atoms with Gasteiger partial charge in [-0.1, -0.05) is 6.92 Å². The molecule has 18 heavy (non-hydrogen) atoms. The van der Waals surface area contributed by atoms with Gasteiger partial charge in [-0.25, -0.2) is 0 Å². The van der Waals surface area contributed by atoms with Crippen LogP contribution in [0.2, 0.25) is 0 Å². The molecule has 1 amide bonds. The lowest BCUT2D eigenvalue weighted by Crippen LogP contribution is -2.26. The summed E-state index contributed by atoms with van der Waals surface area (Å²) in [5, 5.41) is 11.8. The molecule has 0 aromatic heterocycles. The fraction of sp³-hybridized carbons (Fsp3) is 0.500. The van der Waals surface area contributed by atoms with Crippen molar-refractivity contribution in [2.75, 3.05) is 29.9 Å². The number of anilines is 2. The standard InChI is InChI=1S/C14H22N2O2/c1-3-5-14(18)15-12-6-8-13(9-7-12)16(4-2)10-11-17/h6-9,17H,3-5,10-11H2,1-2H3,(H,15,18). The van der Waals surface area contributed by atoms with E-state index in [0.717, 1.165) is 24.3 Å². The van der Waals surface area contributed by atoms with Crippen molar-refractivity contribution in [1.82, 2.24) is 0 Å². The van der Waals surface area contributed by atoms with Crippen LogP contribution < -0.4 is 10.2 Å². The molecule has 0 heterocycles. The Morgan fingerprint density at radius 3 is 2.44 bits per heavy atom. The lowest BCUT2D eigenvalue weighted by atomic mass is 10.2. The normalized spacial score (nSPS) is 10.2. The van der Waals surface area contributed by atoms with Crippen LogP contribution >= 0.6 is 0 Å². The highest BCUT2D eigenvalue weighted by Crippen LogP contribution is 2.17. The highest BCUT2D eigenvalue weighted by Gasteiger charge is 2.04. The Balaban J connectivity index is 2.64. The molecule has 0 aliphatic rings. The number of hydrogen-bond acceptors (Lipinski definition) is 3. The number of aliphatic hydroxyl groups excluding tert-OH is 1. The number of nitrogens with one attached hydrogen (secondary N) is 1. The molecule has 0 saturated heterocycles. The van der Waals surface area contributed by atoms with Crippen LogP contribution in [0.25, 0.3) is 0 Å². The van der Waals surface area contributed by atoms with Gasteiger partial charge in [-0.3, -0.25) is 4.79 Å². The molecule has 0 aliphatic carbocycles. The maximum absolute atomic E-state index is 11.4. The zero-order valence-corrected chi connectivity index (χ0v) is 11.1. The molecule has 4 heteroatoms. The molecule has 1 rings (SSSR count). The Bertz CT molecular complexity index is 363. The molecule has 0 radical (unpaired) electrons. The molecular formula is C14H22N2O2. The van der Waals surface area contributed by atoms with E-state index < -0.39 is 0 Å². The summed E-state index contributed by atoms with van der Waals surface area (Å²) in [5.74, 6) is 0.0490. The van der Waals surface area contributed by atoms with Crippen molar-refractivity contribution in [3.8, 4) is 0 Å². The molecule has 100 valence electrons. The van der Waals surface area contributed by atoms with E-state index in [9.17, 15) is 4.79 Å². The molecule has 0 aliphatic heterocycles. The Morgan fingerprint density at radius 2 is 1.94 bits per heavy atom. The monoisotopic (exact) mass is 250 g/mol. The van der Waals surface area contributed by atoms with Gasteiger partial charge in [0.15, 0.2) is 0 Å². The van der Waals surface area contributed by atoms with Crippen LogP contribution in [0.1, 0.15) is 26.7 Å². The van der Waals surface area contributed by atoms with Crippen molar-refractivity contribution in [2.24, 2.45) is 0 Å². The molecule has 2 N–H and O–H groups in total. The second-order valence-corrected chi connectivity index (χ2v) is 4.15. The smallest absolute Gasteiger partial charge is 0.224 e. The van der Waals surface area contributed by atoms with Gasteiger partial charge in [-0.2, -0.15) is 0 Å². The van der Waals surface area contributed by atoms with Crippen LogP contribution in [-0.2, 0) is 4.79 Å². The predicted molar refractivity (Wildman–Crippen MR) is 75.0 cm³/mol. The van der Waals surface area contributed by atoms with Crippen LogP contribution in [-0.4, -0.2) is 30.7 Å². The van der Waals surface area contributed by atoms with E-state index in [4.69, 9.17) is 5.11 Å². The molecule has 0 spiro atoms. The molecule has 0 atom stereocenters. The number of likely N-dealkylation sites (N-methyl/N-ethyl adjacent to an activating group) is 1. The van der Waals surface area contributed by atoms with Crippen molar-refractivity contribution in [3.63, 3.8) is 0 Å². The average molecular weight is 250 g/mol. The minimum Gasteiger partial charge on any atom is -0.395 e. The van der Waals surface area contributed by atoms with Crippen LogP contribution in [0.5, 0.6) is 0 Å². The first kappa shape index (κ1) is 14.5. The summed E-state index contributed by atoms with van der Waals surface area (Å²) < 4.78 is 0. The lowest BCUT2D eigenvalue weighted by Gasteiger charge is -2.22. The summed E-state index contributed by atoms with van der Waals surface area (Å²) in [4.78, 5) is 13.5. The maximum Gasteiger partial charge on any atom is 0.224 e. The number of aliphatic hydroxyl groups is 1. The van der Waals surface area contributed by atoms with Crippen molar-refractivity contribution in [1.29, 1.82) is 0 Å². The molecule has 1 aromatic carbocycles. The van der Waals surface area contributed by atoms with Gasteiger partial charge in [-0.15, -0.1) is 0 Å². The molecular weight excluding hydrogens is 228 g/mol. The zero-order chi connectivity index (χ0) is 13.4. The van der Waals surface area contributed by atoms with Gasteiger partial charge in [0, 0.05) is 30.9 Å². The first-order chi connectivity index (χ1) is 8.71. The fourth-order valence-electron chi connectivity index (χ4n) is 1.80. The number of amides is 1. The topological polar surface area (TPSA) is 52.6 Å². The van der Waals surface area contributed by atoms with Gasteiger partial charge in [0.1, 0.15) is 0 Å². The molecule has 1 aromatic rings. The minimum absolute atomic E-state index is 0.0490. The van der Waals surface area contributed by atoms with E-state index >= 15 is 0 Å². The van der Waals surface area contributed by atoms with Crippen LogP contribution in [0.4, 0.5) is 11.4 Å². The van der Waals surface area contributed by atoms with Crippen LogP contribution in [0.15, 0.2) is 24.3 Å². The quantitative estimate of drug-likeness (QED) is 0.780. The lowest BCUT2D eigenvalue weighted by molar-refractivity contribution is -0.116. The Morgan fingerprint density at radius 1 is 1.28 bits per heavy atom. The molecule has 4 nitrogen and oxygen atoms in total. The Hall–Kier alpha value is -1.55. The Kier molecular flexibility index (Phi) is 6.22. The number of benzene rings is 1. The summed E-state index contributed by atoms with van der Waals surface area (Å²) in [6.07, 6.45) is 1.40. The first-order valence-corrected chi connectivity index (χ1v) is 6.47. The second kappa shape index (κ2) is 7.71. The summed E-state index contributed by atoms with van der Waals surface area (Å²) >= 11 is 0. The van der Waals surface area contributed by atoms with Gasteiger partial charge in [0.25, 0.3) is 0 Å². The first-order valence-electron chi connectivity index (χ1n) is 6.47. The van der Waals surface area contributed by atoms with Gasteiger partial charge >= 0.3 is 0 Å². The van der Waals surface area contributed by atoms with E-state index in [1.807, 2.05) is 38.1 Å². The third-order valence-corrected chi connectivity index (χ3v) is 2.74. The summed E-state index contributed by atoms with van der Waals surface area (Å²) in [7, 11) is 0. The maximum atomic E-state index is 11.4. The minimum atomic E-state index is 0.0490. The van der Waals surface area contributed by atoms with Gasteiger partial charge in [0.05, 0.1) is 6.61 Å². The number of rotatable bonds is 7. The average Bonchev–Trinajstić information content (AvgIpc) is 2.37. The summed E-state index contributed by atoms with van der Waals surface area (Å²) in [6, 6.07) is 7.70. The van der Waals surface area contributed by atoms with E-state index in [2.05, 4.69) is 10.2 Å². The van der Waals surface area contributed by atoms with Crippen molar-refractivity contribution in [2.45, 2.75) is 26.7 Å². The third kappa shape index (κ3) is 4.37. The Labute approximate surface area is 109 Å². The second-order valence-electron chi connectivity index (χ2n) is 4.15. The largest absolute Gasteiger partial charge is 0.395 e. The van der Waals surface area contributed by atoms with Crippen LogP contribution in [0, 0.1) is 0 Å². The number of carbonyl (C=O) groups is 1. The van der Waals surface area contributed by atoms with E-state index in [1.165, 1.54) is 0 Å². The highest BCUT2D eigenvalue weighted by atomic mass is 16.3. The van der Waals surface area contributed by atoms with Gasteiger partial charge in [0.2, 0.25) is 5.91 Å². The third-order valence-electron chi connectivity index (χ3n) is 2.74. The van der Waals surface area contributed by atoms with Gasteiger partial charge < -0.3 is 15.3 Å². The SMILES string of the molecule is CCCC(=O)Nc1ccc(N(CC)CCO)cc1. The zero-order valence-electron chi connectivity index (χ0n) is 11.1. The summed E-state index contributed by atoms with van der Waals surface area (Å²) in [5.41, 5.74) is 1.87. The van der Waals surface area contributed by atoms with E-state index in [-0.39, 0.29) is 12.5 Å². The number of carbonyl (C=O) groups excluding carboxylic acids is 1. The fourth-order valence-corrected chi connectivity index (χ4v) is 1.80. The molecule has 0 saturated carbocycles. The van der Waals surface area contributed by atoms with Crippen molar-refractivity contribution < 1.29 is 9.90 Å². The molecule has 0 fully saturated rings. The van der Waals surface area contributed by atoms with Crippen LogP contribution in [0.3, 0.4) is 0 Å². The predicted octanol–water partition coefficient (Wildman–Crippen LogP) is 2.24. The van der Waals surface area contributed by atoms with E-state index in [1.54, 1.807) is 0 Å². The molecule has 0 bridgehead atoms. The summed E-state index contributed by atoms with van der Waals surface area (Å²) in [6.45, 7) is 5.65. The van der Waals surface area contributed by atoms with Crippen molar-refractivity contribution >= 4 is 17.3 Å². The van der Waals surface area contributed by atoms with E-state index in [0.29, 0.717) is 13.0 Å². The highest BCUT2D eigenvalue weighted by molar-refractivity contribution is 5.90. The number of nitrogens with zero attached hydrogens (tertiary/aromatic N) is 1.